The zero-order valence-electron chi connectivity index (χ0n) is 9.58. The number of hydrogen-bond acceptors (Lipinski definition) is 4. The van der Waals surface area contributed by atoms with Crippen LogP contribution in [-0.4, -0.2) is 28.3 Å². The first kappa shape index (κ1) is 14.2. The second-order valence-corrected chi connectivity index (χ2v) is 6.13. The first-order chi connectivity index (χ1) is 7.24. The second-order valence-electron chi connectivity index (χ2n) is 3.02. The van der Waals surface area contributed by atoms with Gasteiger partial charge in [-0.25, -0.2) is 0 Å². The Morgan fingerprint density at radius 3 is 2.40 bits per heavy atom. The molecule has 0 saturated carbocycles. The standard InChI is InChI=1S/C10H20N2O2Si/c1-4-13-15(6-3,14-5-2)9-7-8-12-10-11/h6,12H,3-5,7-9H2,1-2H3. The highest BCUT2D eigenvalue weighted by Crippen LogP contribution is 2.16. The van der Waals surface area contributed by atoms with Crippen molar-refractivity contribution in [3.8, 4) is 6.19 Å². The Bertz CT molecular complexity index is 210. The monoisotopic (exact) mass is 228 g/mol. The quantitative estimate of drug-likeness (QED) is 0.282. The minimum Gasteiger partial charge on any atom is -0.392 e. The summed E-state index contributed by atoms with van der Waals surface area (Å²) in [6.07, 6.45) is 2.76. The number of nitriles is 1. The van der Waals surface area contributed by atoms with E-state index in [9.17, 15) is 0 Å². The zero-order chi connectivity index (χ0) is 11.6. The predicted octanol–water partition coefficient (Wildman–Crippen LogP) is 1.69. The van der Waals surface area contributed by atoms with Crippen molar-refractivity contribution < 1.29 is 8.85 Å². The van der Waals surface area contributed by atoms with Crippen LogP contribution in [0, 0.1) is 11.5 Å². The van der Waals surface area contributed by atoms with Gasteiger partial charge in [-0.05, 0) is 32.0 Å². The van der Waals surface area contributed by atoms with Crippen LogP contribution in [0.2, 0.25) is 6.04 Å². The maximum absolute atomic E-state index is 8.33. The third kappa shape index (κ3) is 5.57. The largest absolute Gasteiger partial charge is 0.392 e. The van der Waals surface area contributed by atoms with E-state index in [2.05, 4.69) is 11.9 Å². The summed E-state index contributed by atoms with van der Waals surface area (Å²) >= 11 is 0. The molecule has 0 amide bonds. The summed E-state index contributed by atoms with van der Waals surface area (Å²) < 4.78 is 11.4. The zero-order valence-corrected chi connectivity index (χ0v) is 10.6. The van der Waals surface area contributed by atoms with Crippen molar-refractivity contribution in [1.82, 2.24) is 5.32 Å². The highest BCUT2D eigenvalue weighted by atomic mass is 28.4. The minimum atomic E-state index is -2.20. The van der Waals surface area contributed by atoms with E-state index in [1.54, 1.807) is 0 Å². The van der Waals surface area contributed by atoms with Gasteiger partial charge < -0.3 is 14.2 Å². The summed E-state index contributed by atoms with van der Waals surface area (Å²) in [7, 11) is -2.20. The molecule has 5 heteroatoms. The van der Waals surface area contributed by atoms with E-state index >= 15 is 0 Å². The molecule has 15 heavy (non-hydrogen) atoms. The molecular formula is C10H20N2O2Si. The molecule has 0 radical (unpaired) electrons. The molecular weight excluding hydrogens is 208 g/mol. The molecule has 86 valence electrons. The van der Waals surface area contributed by atoms with Crippen LogP contribution in [-0.2, 0) is 8.85 Å². The summed E-state index contributed by atoms with van der Waals surface area (Å²) in [6.45, 7) is 9.66. The number of nitrogens with one attached hydrogen (secondary N) is 1. The van der Waals surface area contributed by atoms with Crippen LogP contribution in [0.5, 0.6) is 0 Å². The van der Waals surface area contributed by atoms with Gasteiger partial charge in [0.1, 0.15) is 0 Å². The van der Waals surface area contributed by atoms with Crippen molar-refractivity contribution in [2.24, 2.45) is 0 Å². The van der Waals surface area contributed by atoms with Gasteiger partial charge in [-0.3, -0.25) is 0 Å². The van der Waals surface area contributed by atoms with E-state index in [-0.39, 0.29) is 0 Å². The van der Waals surface area contributed by atoms with Gasteiger partial charge in [-0.1, -0.05) is 0 Å². The Hall–Kier alpha value is -0.833. The summed E-state index contributed by atoms with van der Waals surface area (Å²) in [5.74, 6) is 0. The molecule has 0 aliphatic rings. The lowest BCUT2D eigenvalue weighted by atomic mass is 10.5. The summed E-state index contributed by atoms with van der Waals surface area (Å²) in [4.78, 5) is 0. The Labute approximate surface area is 93.1 Å². The van der Waals surface area contributed by atoms with Crippen molar-refractivity contribution in [3.05, 3.63) is 12.3 Å². The van der Waals surface area contributed by atoms with Gasteiger partial charge in [-0.2, -0.15) is 5.26 Å². The molecule has 4 nitrogen and oxygen atoms in total. The molecule has 0 atom stereocenters. The van der Waals surface area contributed by atoms with Crippen LogP contribution >= 0.6 is 0 Å². The van der Waals surface area contributed by atoms with Crippen LogP contribution < -0.4 is 5.32 Å². The fourth-order valence-electron chi connectivity index (χ4n) is 1.37. The van der Waals surface area contributed by atoms with E-state index < -0.39 is 8.56 Å². The van der Waals surface area contributed by atoms with Crippen LogP contribution in [0.1, 0.15) is 20.3 Å². The molecule has 0 aliphatic heterocycles. The summed E-state index contributed by atoms with van der Waals surface area (Å²) in [5.41, 5.74) is 1.83. The van der Waals surface area contributed by atoms with Crippen LogP contribution in [0.4, 0.5) is 0 Å². The maximum Gasteiger partial charge on any atom is 0.364 e. The third-order valence-electron chi connectivity index (χ3n) is 1.99. The van der Waals surface area contributed by atoms with E-state index in [0.29, 0.717) is 19.8 Å². The Morgan fingerprint density at radius 1 is 1.40 bits per heavy atom. The topological polar surface area (TPSA) is 54.3 Å². The summed E-state index contributed by atoms with van der Waals surface area (Å²) in [6, 6.07) is 0.840. The lowest BCUT2D eigenvalue weighted by molar-refractivity contribution is 0.194. The fourth-order valence-corrected chi connectivity index (χ4v) is 3.83. The third-order valence-corrected chi connectivity index (χ3v) is 5.22. The van der Waals surface area contributed by atoms with E-state index in [1.165, 1.54) is 0 Å². The molecule has 0 rings (SSSR count). The van der Waals surface area contributed by atoms with Crippen molar-refractivity contribution >= 4 is 8.56 Å². The first-order valence-corrected chi connectivity index (χ1v) is 7.38. The Kier molecular flexibility index (Phi) is 8.00. The molecule has 1 N–H and O–H groups in total. The first-order valence-electron chi connectivity index (χ1n) is 5.28. The molecule has 0 unspecified atom stereocenters. The van der Waals surface area contributed by atoms with Crippen LogP contribution in [0.25, 0.3) is 0 Å². The molecule has 0 aromatic heterocycles. The smallest absolute Gasteiger partial charge is 0.364 e. The van der Waals surface area contributed by atoms with Crippen molar-refractivity contribution in [1.29, 1.82) is 5.26 Å². The molecule has 0 aromatic rings. The van der Waals surface area contributed by atoms with Crippen LogP contribution in [0.15, 0.2) is 12.3 Å². The van der Waals surface area contributed by atoms with Gasteiger partial charge in [0, 0.05) is 19.8 Å². The number of hydrogen-bond donors (Lipinski definition) is 1. The second kappa shape index (κ2) is 8.47. The van der Waals surface area contributed by atoms with E-state index in [0.717, 1.165) is 12.5 Å². The van der Waals surface area contributed by atoms with Crippen molar-refractivity contribution in [2.75, 3.05) is 19.8 Å². The maximum atomic E-state index is 8.33. The minimum absolute atomic E-state index is 0.643. The number of nitrogens with zero attached hydrogens (tertiary/aromatic N) is 1. The molecule has 0 bridgehead atoms. The van der Waals surface area contributed by atoms with Gasteiger partial charge in [0.15, 0.2) is 6.19 Å². The van der Waals surface area contributed by atoms with E-state index in [1.807, 2.05) is 25.7 Å². The molecule has 0 spiro atoms. The van der Waals surface area contributed by atoms with Gasteiger partial charge in [-0.15, -0.1) is 6.58 Å². The average molecular weight is 228 g/mol. The lowest BCUT2D eigenvalue weighted by Gasteiger charge is -2.26. The fraction of sp³-hybridized carbons (Fsp3) is 0.700. The SMILES string of the molecule is C=C[Si](CCCNC#N)(OCC)OCC. The number of rotatable bonds is 9. The van der Waals surface area contributed by atoms with Gasteiger partial charge in [0.25, 0.3) is 0 Å². The van der Waals surface area contributed by atoms with Crippen molar-refractivity contribution in [2.45, 2.75) is 26.3 Å². The van der Waals surface area contributed by atoms with E-state index in [4.69, 9.17) is 14.1 Å². The normalized spacial score (nSPS) is 10.7. The Morgan fingerprint density at radius 2 is 2.00 bits per heavy atom. The molecule has 0 aliphatic carbocycles. The van der Waals surface area contributed by atoms with Gasteiger partial charge >= 0.3 is 8.56 Å². The highest BCUT2D eigenvalue weighted by molar-refractivity contribution is 6.72. The van der Waals surface area contributed by atoms with Crippen LogP contribution in [0.3, 0.4) is 0 Å². The van der Waals surface area contributed by atoms with Gasteiger partial charge in [0.2, 0.25) is 0 Å². The molecule has 0 saturated heterocycles. The van der Waals surface area contributed by atoms with Gasteiger partial charge in [0.05, 0.1) is 0 Å². The van der Waals surface area contributed by atoms with Crippen molar-refractivity contribution in [3.63, 3.8) is 0 Å². The molecule has 0 heterocycles. The predicted molar refractivity (Wildman–Crippen MR) is 62.2 cm³/mol. The molecule has 0 fully saturated rings. The highest BCUT2D eigenvalue weighted by Gasteiger charge is 2.32. The summed E-state index contributed by atoms with van der Waals surface area (Å²) in [5, 5.41) is 10.9. The molecule has 0 aromatic carbocycles. The Balaban J connectivity index is 4.09. The lowest BCUT2D eigenvalue weighted by Crippen LogP contribution is -2.40. The average Bonchev–Trinajstić information content (AvgIpc) is 2.25.